The van der Waals surface area contributed by atoms with E-state index in [1.807, 2.05) is 36.4 Å². The van der Waals surface area contributed by atoms with Gasteiger partial charge >= 0.3 is 5.97 Å². The molecule has 0 spiro atoms. The van der Waals surface area contributed by atoms with Gasteiger partial charge in [0, 0.05) is 11.8 Å². The fraction of sp³-hybridized carbons (Fsp3) is 0.167. The number of methoxy groups -OCH3 is 2. The number of rotatable bonds is 6. The Morgan fingerprint density at radius 1 is 1.13 bits per heavy atom. The Morgan fingerprint density at radius 2 is 1.91 bits per heavy atom. The van der Waals surface area contributed by atoms with Crippen LogP contribution in [0.2, 0.25) is 0 Å². The number of carbonyl (C=O) groups excluding carboxylic acids is 1. The van der Waals surface area contributed by atoms with Crippen LogP contribution in [0.1, 0.15) is 11.1 Å². The van der Waals surface area contributed by atoms with Crippen LogP contribution in [0.25, 0.3) is 5.57 Å². The minimum Gasteiger partial charge on any atom is -0.503 e. The fourth-order valence-corrected chi connectivity index (χ4v) is 2.12. The summed E-state index contributed by atoms with van der Waals surface area (Å²) in [6, 6.07) is 14.6. The highest BCUT2D eigenvalue weighted by molar-refractivity contribution is 6.16. The number of benzene rings is 2. The molecule has 0 bridgehead atoms. The number of nitrogens with two attached hydrogens (primary N) is 1. The van der Waals surface area contributed by atoms with Crippen LogP contribution < -0.4 is 10.5 Å². The van der Waals surface area contributed by atoms with E-state index in [9.17, 15) is 4.79 Å². The first-order chi connectivity index (χ1) is 11.2. The highest BCUT2D eigenvalue weighted by Gasteiger charge is 2.16. The fourth-order valence-electron chi connectivity index (χ4n) is 2.12. The number of carbonyl (C=O) groups is 1. The predicted octanol–water partition coefficient (Wildman–Crippen LogP) is 3.01. The first kappa shape index (κ1) is 16.4. The smallest absolute Gasteiger partial charge is 0.341 e. The van der Waals surface area contributed by atoms with Gasteiger partial charge in [-0.25, -0.2) is 4.79 Å². The second kappa shape index (κ2) is 7.89. The molecule has 0 fully saturated rings. The van der Waals surface area contributed by atoms with Crippen molar-refractivity contribution in [3.05, 3.63) is 65.9 Å². The summed E-state index contributed by atoms with van der Waals surface area (Å²) in [6.07, 6.45) is 1.37. The van der Waals surface area contributed by atoms with Gasteiger partial charge in [0.15, 0.2) is 0 Å². The van der Waals surface area contributed by atoms with Crippen molar-refractivity contribution in [3.8, 4) is 5.75 Å². The topological polar surface area (TPSA) is 70.8 Å². The Labute approximate surface area is 135 Å². The Bertz CT molecular complexity index is 710. The van der Waals surface area contributed by atoms with Gasteiger partial charge in [-0.15, -0.1) is 0 Å². The summed E-state index contributed by atoms with van der Waals surface area (Å²) in [6.45, 7) is 0.289. The molecule has 5 heteroatoms. The second-order valence-electron chi connectivity index (χ2n) is 4.78. The lowest BCUT2D eigenvalue weighted by Crippen LogP contribution is -2.08. The molecule has 0 radical (unpaired) electrons. The second-order valence-corrected chi connectivity index (χ2v) is 4.78. The molecule has 0 atom stereocenters. The Hall–Kier alpha value is -2.95. The van der Waals surface area contributed by atoms with E-state index in [0.717, 1.165) is 5.56 Å². The van der Waals surface area contributed by atoms with Crippen molar-refractivity contribution in [2.45, 2.75) is 6.61 Å². The van der Waals surface area contributed by atoms with Crippen molar-refractivity contribution < 1.29 is 19.0 Å². The number of hydrogen-bond acceptors (Lipinski definition) is 5. The number of nitrogen functional groups attached to an aromatic ring is 1. The van der Waals surface area contributed by atoms with Crippen LogP contribution in [0.3, 0.4) is 0 Å². The van der Waals surface area contributed by atoms with E-state index in [4.69, 9.17) is 19.9 Å². The minimum absolute atomic E-state index is 0.289. The van der Waals surface area contributed by atoms with E-state index < -0.39 is 5.97 Å². The third-order valence-electron chi connectivity index (χ3n) is 3.20. The molecule has 0 unspecified atom stereocenters. The van der Waals surface area contributed by atoms with Crippen LogP contribution in [0.4, 0.5) is 5.69 Å². The van der Waals surface area contributed by atoms with Crippen LogP contribution >= 0.6 is 0 Å². The van der Waals surface area contributed by atoms with Crippen molar-refractivity contribution in [2.75, 3.05) is 20.0 Å². The third-order valence-corrected chi connectivity index (χ3v) is 3.20. The first-order valence-electron chi connectivity index (χ1n) is 7.03. The van der Waals surface area contributed by atoms with E-state index in [0.29, 0.717) is 22.6 Å². The SMILES string of the molecule is COC=C(C(=O)OC)c1ccccc1COc1cccc(N)c1. The summed E-state index contributed by atoms with van der Waals surface area (Å²) in [5.41, 5.74) is 8.24. The standard InChI is InChI=1S/C18H19NO4/c1-21-12-17(18(20)22-2)16-9-4-3-6-13(16)11-23-15-8-5-7-14(19)10-15/h3-10,12H,11,19H2,1-2H3. The predicted molar refractivity (Wildman–Crippen MR) is 88.6 cm³/mol. The monoisotopic (exact) mass is 313 g/mol. The van der Waals surface area contributed by atoms with Gasteiger partial charge in [0.1, 0.15) is 17.9 Å². The average Bonchev–Trinajstić information content (AvgIpc) is 2.58. The van der Waals surface area contributed by atoms with Gasteiger partial charge in [-0.2, -0.15) is 0 Å². The lowest BCUT2D eigenvalue weighted by Gasteiger charge is -2.13. The third kappa shape index (κ3) is 4.26. The normalized spacial score (nSPS) is 11.0. The molecule has 2 aromatic rings. The lowest BCUT2D eigenvalue weighted by atomic mass is 10.0. The molecular formula is C18H19NO4. The summed E-state index contributed by atoms with van der Waals surface area (Å²) in [5, 5.41) is 0. The molecule has 0 aromatic heterocycles. The Morgan fingerprint density at radius 3 is 2.61 bits per heavy atom. The Balaban J connectivity index is 2.26. The van der Waals surface area contributed by atoms with Gasteiger partial charge in [0.05, 0.1) is 20.5 Å². The summed E-state index contributed by atoms with van der Waals surface area (Å²) in [5.74, 6) is 0.193. The van der Waals surface area contributed by atoms with Crippen molar-refractivity contribution in [3.63, 3.8) is 0 Å². The van der Waals surface area contributed by atoms with Gasteiger partial charge in [-0.05, 0) is 23.3 Å². The van der Waals surface area contributed by atoms with Crippen molar-refractivity contribution in [2.24, 2.45) is 0 Å². The minimum atomic E-state index is -0.469. The lowest BCUT2D eigenvalue weighted by molar-refractivity contribution is -0.133. The zero-order valence-electron chi connectivity index (χ0n) is 13.1. The van der Waals surface area contributed by atoms with E-state index in [1.165, 1.54) is 20.5 Å². The molecule has 23 heavy (non-hydrogen) atoms. The highest BCUT2D eigenvalue weighted by Crippen LogP contribution is 2.23. The summed E-state index contributed by atoms with van der Waals surface area (Å²) in [4.78, 5) is 11.9. The molecule has 2 aromatic carbocycles. The van der Waals surface area contributed by atoms with Crippen LogP contribution in [0.5, 0.6) is 5.75 Å². The maximum Gasteiger partial charge on any atom is 0.341 e. The van der Waals surface area contributed by atoms with Crippen LogP contribution in [0.15, 0.2) is 54.8 Å². The van der Waals surface area contributed by atoms with Crippen LogP contribution in [0, 0.1) is 0 Å². The van der Waals surface area contributed by atoms with Gasteiger partial charge in [0.2, 0.25) is 0 Å². The number of ether oxygens (including phenoxy) is 3. The highest BCUT2D eigenvalue weighted by atomic mass is 16.5. The number of hydrogen-bond donors (Lipinski definition) is 1. The summed E-state index contributed by atoms with van der Waals surface area (Å²) < 4.78 is 15.6. The van der Waals surface area contributed by atoms with Gasteiger partial charge < -0.3 is 19.9 Å². The van der Waals surface area contributed by atoms with Gasteiger partial charge in [-0.3, -0.25) is 0 Å². The molecule has 0 amide bonds. The molecule has 0 saturated carbocycles. The van der Waals surface area contributed by atoms with E-state index >= 15 is 0 Å². The molecule has 0 heterocycles. The van der Waals surface area contributed by atoms with E-state index in [1.54, 1.807) is 12.1 Å². The zero-order chi connectivity index (χ0) is 16.7. The Kier molecular flexibility index (Phi) is 5.63. The number of anilines is 1. The van der Waals surface area contributed by atoms with Gasteiger partial charge in [-0.1, -0.05) is 30.3 Å². The molecule has 0 aliphatic rings. The molecule has 0 aliphatic heterocycles. The molecule has 120 valence electrons. The largest absolute Gasteiger partial charge is 0.503 e. The molecular weight excluding hydrogens is 294 g/mol. The van der Waals surface area contributed by atoms with Crippen molar-refractivity contribution in [1.29, 1.82) is 0 Å². The van der Waals surface area contributed by atoms with E-state index in [-0.39, 0.29) is 6.61 Å². The molecule has 0 saturated heterocycles. The van der Waals surface area contributed by atoms with Crippen LogP contribution in [-0.2, 0) is 20.9 Å². The average molecular weight is 313 g/mol. The van der Waals surface area contributed by atoms with Crippen LogP contribution in [-0.4, -0.2) is 20.2 Å². The van der Waals surface area contributed by atoms with Crippen molar-refractivity contribution in [1.82, 2.24) is 0 Å². The molecule has 0 aliphatic carbocycles. The maximum atomic E-state index is 11.9. The summed E-state index contributed by atoms with van der Waals surface area (Å²) in [7, 11) is 2.81. The zero-order valence-corrected chi connectivity index (χ0v) is 13.1. The van der Waals surface area contributed by atoms with E-state index in [2.05, 4.69) is 0 Å². The quantitative estimate of drug-likeness (QED) is 0.384. The van der Waals surface area contributed by atoms with Gasteiger partial charge in [0.25, 0.3) is 0 Å². The first-order valence-corrected chi connectivity index (χ1v) is 7.03. The molecule has 2 rings (SSSR count). The maximum absolute atomic E-state index is 11.9. The number of esters is 1. The van der Waals surface area contributed by atoms with Crippen molar-refractivity contribution >= 4 is 17.2 Å². The molecule has 2 N–H and O–H groups in total. The summed E-state index contributed by atoms with van der Waals surface area (Å²) >= 11 is 0. The molecule has 5 nitrogen and oxygen atoms in total.